The molecule has 2 aliphatic rings. The molecule has 0 N–H and O–H groups in total. The molecule has 0 heterocycles. The van der Waals surface area contributed by atoms with Gasteiger partial charge in [0.1, 0.15) is 0 Å². The van der Waals surface area contributed by atoms with Crippen molar-refractivity contribution in [2.24, 2.45) is 5.92 Å². The lowest BCUT2D eigenvalue weighted by molar-refractivity contribution is 0.648. The number of rotatable bonds is 3. The van der Waals surface area contributed by atoms with Crippen LogP contribution in [0.15, 0.2) is 76.9 Å². The van der Waals surface area contributed by atoms with Gasteiger partial charge >= 0.3 is 0 Å². The van der Waals surface area contributed by atoms with Crippen molar-refractivity contribution in [2.45, 2.75) is 47.0 Å². The van der Waals surface area contributed by atoms with Crippen LogP contribution in [-0.4, -0.2) is 0 Å². The Labute approximate surface area is 158 Å². The van der Waals surface area contributed by atoms with Gasteiger partial charge in [-0.2, -0.15) is 0 Å². The van der Waals surface area contributed by atoms with Crippen molar-refractivity contribution in [3.63, 3.8) is 0 Å². The van der Waals surface area contributed by atoms with Crippen LogP contribution in [-0.2, 0) is 6.42 Å². The van der Waals surface area contributed by atoms with E-state index in [0.717, 1.165) is 6.42 Å². The molecule has 0 amide bonds. The summed E-state index contributed by atoms with van der Waals surface area (Å²) in [6.07, 6.45) is 3.61. The summed E-state index contributed by atoms with van der Waals surface area (Å²) in [4.78, 5) is 0. The van der Waals surface area contributed by atoms with Crippen LogP contribution in [0.25, 0.3) is 5.57 Å². The van der Waals surface area contributed by atoms with Crippen molar-refractivity contribution in [2.75, 3.05) is 0 Å². The third-order valence-corrected chi connectivity index (χ3v) is 6.68. The van der Waals surface area contributed by atoms with Crippen LogP contribution in [0.1, 0.15) is 62.8 Å². The van der Waals surface area contributed by atoms with Gasteiger partial charge in [-0.1, -0.05) is 72.7 Å². The summed E-state index contributed by atoms with van der Waals surface area (Å²) in [5.74, 6) is 0.945. The zero-order valence-electron chi connectivity index (χ0n) is 16.6. The average molecular weight is 341 g/mol. The summed E-state index contributed by atoms with van der Waals surface area (Å²) in [5.41, 5.74) is 13.2. The quantitative estimate of drug-likeness (QED) is 0.560. The number of allylic oxidation sites excluding steroid dienone is 5. The molecule has 0 saturated carbocycles. The van der Waals surface area contributed by atoms with Gasteiger partial charge in [0.2, 0.25) is 0 Å². The van der Waals surface area contributed by atoms with E-state index in [1.165, 1.54) is 39.0 Å². The second-order valence-corrected chi connectivity index (χ2v) is 7.80. The van der Waals surface area contributed by atoms with E-state index in [9.17, 15) is 0 Å². The Morgan fingerprint density at radius 3 is 1.96 bits per heavy atom. The monoisotopic (exact) mass is 340 g/mol. The number of aryl methyl sites for hydroxylation is 1. The largest absolute Gasteiger partial charge is 0.0676 e. The standard InChI is InChI=1S/C26H28/c1-6-20-11-7-8-12-21(20)24-15-25(23-14-10-9-13-22(23)24)26-18(4)16(2)17(3)19(26)5/h7-15,25-26H,6H2,1-5H3. The maximum absolute atomic E-state index is 2.54. The fourth-order valence-electron chi connectivity index (χ4n) is 4.92. The van der Waals surface area contributed by atoms with Gasteiger partial charge in [0.05, 0.1) is 0 Å². The molecule has 0 saturated heterocycles. The summed E-state index contributed by atoms with van der Waals surface area (Å²) in [7, 11) is 0. The summed E-state index contributed by atoms with van der Waals surface area (Å²) < 4.78 is 0. The van der Waals surface area contributed by atoms with Crippen molar-refractivity contribution in [1.29, 1.82) is 0 Å². The third kappa shape index (κ3) is 2.43. The van der Waals surface area contributed by atoms with Gasteiger partial charge in [0.15, 0.2) is 0 Å². The van der Waals surface area contributed by atoms with Crippen LogP contribution in [0.2, 0.25) is 0 Å². The Bertz CT molecular complexity index is 941. The molecule has 0 bridgehead atoms. The first-order valence-corrected chi connectivity index (χ1v) is 9.79. The Kier molecular flexibility index (Phi) is 4.23. The molecule has 132 valence electrons. The van der Waals surface area contributed by atoms with Gasteiger partial charge in [-0.05, 0) is 73.1 Å². The lowest BCUT2D eigenvalue weighted by atomic mass is 9.81. The van der Waals surface area contributed by atoms with E-state index >= 15 is 0 Å². The minimum atomic E-state index is 0.443. The zero-order valence-corrected chi connectivity index (χ0v) is 16.6. The highest BCUT2D eigenvalue weighted by molar-refractivity contribution is 5.87. The molecule has 0 spiro atoms. The Hall–Kier alpha value is -2.34. The lowest BCUT2D eigenvalue weighted by Gasteiger charge is -2.23. The van der Waals surface area contributed by atoms with Crippen LogP contribution >= 0.6 is 0 Å². The van der Waals surface area contributed by atoms with Crippen LogP contribution in [0.3, 0.4) is 0 Å². The molecular weight excluding hydrogens is 312 g/mol. The van der Waals surface area contributed by atoms with Crippen molar-refractivity contribution < 1.29 is 0 Å². The van der Waals surface area contributed by atoms with Gasteiger partial charge in [-0.15, -0.1) is 0 Å². The Balaban J connectivity index is 1.90. The predicted molar refractivity (Wildman–Crippen MR) is 112 cm³/mol. The second kappa shape index (κ2) is 6.43. The Morgan fingerprint density at radius 1 is 0.731 bits per heavy atom. The van der Waals surface area contributed by atoms with Crippen LogP contribution in [0, 0.1) is 5.92 Å². The van der Waals surface area contributed by atoms with Crippen molar-refractivity contribution >= 4 is 5.57 Å². The van der Waals surface area contributed by atoms with Crippen LogP contribution in [0.5, 0.6) is 0 Å². The molecule has 0 radical (unpaired) electrons. The van der Waals surface area contributed by atoms with Crippen molar-refractivity contribution in [1.82, 2.24) is 0 Å². The molecule has 0 aromatic heterocycles. The highest BCUT2D eigenvalue weighted by Gasteiger charge is 2.36. The van der Waals surface area contributed by atoms with Crippen LogP contribution < -0.4 is 0 Å². The number of fused-ring (bicyclic) bond motifs is 1. The van der Waals surface area contributed by atoms with Crippen LogP contribution in [0.4, 0.5) is 0 Å². The van der Waals surface area contributed by atoms with E-state index in [2.05, 4.69) is 89.2 Å². The maximum Gasteiger partial charge on any atom is 0.0137 e. The van der Waals surface area contributed by atoms with E-state index in [0.29, 0.717) is 11.8 Å². The second-order valence-electron chi connectivity index (χ2n) is 7.80. The summed E-state index contributed by atoms with van der Waals surface area (Å²) in [5, 5.41) is 0. The molecular formula is C26H28. The maximum atomic E-state index is 2.54. The highest BCUT2D eigenvalue weighted by Crippen LogP contribution is 2.51. The fourth-order valence-corrected chi connectivity index (χ4v) is 4.92. The molecule has 26 heavy (non-hydrogen) atoms. The average Bonchev–Trinajstić information content (AvgIpc) is 3.13. The number of hydrogen-bond donors (Lipinski definition) is 0. The van der Waals surface area contributed by atoms with Gasteiger partial charge < -0.3 is 0 Å². The van der Waals surface area contributed by atoms with E-state index in [-0.39, 0.29) is 0 Å². The SMILES string of the molecule is CCc1ccccc1C1=CC(C2C(C)=C(C)C(C)=C2C)c2ccccc21. The van der Waals surface area contributed by atoms with E-state index in [1.807, 2.05) is 0 Å². The molecule has 2 aliphatic carbocycles. The van der Waals surface area contributed by atoms with Gasteiger partial charge in [-0.3, -0.25) is 0 Å². The smallest absolute Gasteiger partial charge is 0.0137 e. The predicted octanol–water partition coefficient (Wildman–Crippen LogP) is 7.08. The summed E-state index contributed by atoms with van der Waals surface area (Å²) in [6, 6.07) is 17.9. The van der Waals surface area contributed by atoms with E-state index < -0.39 is 0 Å². The lowest BCUT2D eigenvalue weighted by Crippen LogP contribution is -2.11. The molecule has 0 aliphatic heterocycles. The molecule has 0 nitrogen and oxygen atoms in total. The molecule has 0 heteroatoms. The highest BCUT2D eigenvalue weighted by atomic mass is 14.4. The third-order valence-electron chi connectivity index (χ3n) is 6.68. The molecule has 1 atom stereocenters. The van der Waals surface area contributed by atoms with E-state index in [1.54, 1.807) is 11.1 Å². The minimum Gasteiger partial charge on any atom is -0.0676 e. The first-order valence-electron chi connectivity index (χ1n) is 9.79. The molecule has 4 rings (SSSR count). The van der Waals surface area contributed by atoms with Gasteiger partial charge in [0.25, 0.3) is 0 Å². The number of hydrogen-bond acceptors (Lipinski definition) is 0. The molecule has 2 aromatic carbocycles. The zero-order chi connectivity index (χ0) is 18.4. The first kappa shape index (κ1) is 17.1. The molecule has 2 aromatic rings. The summed E-state index contributed by atoms with van der Waals surface area (Å²) >= 11 is 0. The minimum absolute atomic E-state index is 0.443. The van der Waals surface area contributed by atoms with E-state index in [4.69, 9.17) is 0 Å². The topological polar surface area (TPSA) is 0 Å². The molecule has 1 unspecified atom stereocenters. The van der Waals surface area contributed by atoms with Gasteiger partial charge in [0, 0.05) is 11.8 Å². The fraction of sp³-hybridized carbons (Fsp3) is 0.308. The first-order chi connectivity index (χ1) is 12.5. The van der Waals surface area contributed by atoms with Crippen molar-refractivity contribution in [3.8, 4) is 0 Å². The van der Waals surface area contributed by atoms with Crippen molar-refractivity contribution in [3.05, 3.63) is 99.2 Å². The Morgan fingerprint density at radius 2 is 1.31 bits per heavy atom. The molecule has 0 fully saturated rings. The van der Waals surface area contributed by atoms with Gasteiger partial charge in [-0.25, -0.2) is 0 Å². The summed E-state index contributed by atoms with van der Waals surface area (Å²) in [6.45, 7) is 11.5. The number of benzene rings is 2. The normalized spacial score (nSPS) is 20.0.